The fraction of sp³-hybridized carbons (Fsp3) is 0.238. The molecule has 0 aliphatic carbocycles. The highest BCUT2D eigenvalue weighted by atomic mass is 16.5. The van der Waals surface area contributed by atoms with Gasteiger partial charge in [0.1, 0.15) is 18.4 Å². The van der Waals surface area contributed by atoms with Crippen molar-refractivity contribution in [1.29, 1.82) is 0 Å². The summed E-state index contributed by atoms with van der Waals surface area (Å²) in [5, 5.41) is 7.08. The second-order valence-electron chi connectivity index (χ2n) is 6.77. The summed E-state index contributed by atoms with van der Waals surface area (Å²) in [6, 6.07) is 14.9. The molecule has 1 aliphatic rings. The summed E-state index contributed by atoms with van der Waals surface area (Å²) in [5.74, 6) is 0.399. The van der Waals surface area contributed by atoms with Gasteiger partial charge in [-0.3, -0.25) is 9.59 Å². The van der Waals surface area contributed by atoms with Gasteiger partial charge < -0.3 is 15.0 Å². The zero-order valence-corrected chi connectivity index (χ0v) is 16.0. The number of benzene rings is 2. The Morgan fingerprint density at radius 3 is 2.76 bits per heavy atom. The zero-order valence-electron chi connectivity index (χ0n) is 16.0. The second kappa shape index (κ2) is 8.14. The summed E-state index contributed by atoms with van der Waals surface area (Å²) in [6.45, 7) is 2.23. The Morgan fingerprint density at radius 1 is 1.21 bits per heavy atom. The molecule has 4 rings (SSSR count). The van der Waals surface area contributed by atoms with Crippen molar-refractivity contribution >= 4 is 17.5 Å². The van der Waals surface area contributed by atoms with Gasteiger partial charge in [0.05, 0.1) is 17.4 Å². The van der Waals surface area contributed by atoms with Gasteiger partial charge in [0, 0.05) is 13.0 Å². The molecule has 0 spiro atoms. The smallest absolute Gasteiger partial charge is 0.265 e. The van der Waals surface area contributed by atoms with Gasteiger partial charge >= 0.3 is 0 Å². The minimum absolute atomic E-state index is 0.00679. The third kappa shape index (κ3) is 4.11. The molecule has 29 heavy (non-hydrogen) atoms. The van der Waals surface area contributed by atoms with Crippen LogP contribution >= 0.6 is 0 Å². The van der Waals surface area contributed by atoms with Crippen LogP contribution in [0.3, 0.4) is 0 Å². The van der Waals surface area contributed by atoms with Gasteiger partial charge in [-0.25, -0.2) is 9.67 Å². The first-order valence-corrected chi connectivity index (χ1v) is 9.38. The van der Waals surface area contributed by atoms with E-state index in [1.807, 2.05) is 55.5 Å². The van der Waals surface area contributed by atoms with Crippen LogP contribution in [0.4, 0.5) is 5.69 Å². The minimum atomic E-state index is -0.153. The van der Waals surface area contributed by atoms with E-state index in [1.54, 1.807) is 15.9 Å². The lowest BCUT2D eigenvalue weighted by Crippen LogP contribution is -2.41. The number of carbonyl (C=O) groups excluding carboxylic acids is 2. The lowest BCUT2D eigenvalue weighted by atomic mass is 10.1. The Hall–Kier alpha value is -3.68. The number of nitrogens with zero attached hydrogens (tertiary/aromatic N) is 4. The highest BCUT2D eigenvalue weighted by Gasteiger charge is 2.25. The molecular weight excluding hydrogens is 370 g/mol. The van der Waals surface area contributed by atoms with Crippen LogP contribution in [-0.2, 0) is 9.59 Å². The molecule has 0 bridgehead atoms. The van der Waals surface area contributed by atoms with Gasteiger partial charge in [0.15, 0.2) is 6.61 Å². The van der Waals surface area contributed by atoms with E-state index in [2.05, 4.69) is 15.4 Å². The topological polar surface area (TPSA) is 89.4 Å². The molecule has 0 radical (unpaired) electrons. The van der Waals surface area contributed by atoms with Crippen LogP contribution in [0.2, 0.25) is 0 Å². The quantitative estimate of drug-likeness (QED) is 0.696. The maximum atomic E-state index is 12.4. The number of ether oxygens (including phenoxy) is 1. The van der Waals surface area contributed by atoms with E-state index >= 15 is 0 Å². The molecule has 8 nitrogen and oxygen atoms in total. The standard InChI is InChI=1S/C21H21N5O3/c1-15(16-6-8-17(9-7-16)26-14-22-13-23-26)24-20(27)10-11-25-18-4-2-3-5-19(18)29-12-21(25)28/h2-9,13-15H,10-12H2,1H3,(H,24,27)/t15-/m1/s1. The second-order valence-corrected chi connectivity index (χ2v) is 6.77. The summed E-state index contributed by atoms with van der Waals surface area (Å²) >= 11 is 0. The molecule has 3 aromatic rings. The number of para-hydroxylation sites is 2. The van der Waals surface area contributed by atoms with Crippen molar-refractivity contribution in [2.24, 2.45) is 0 Å². The van der Waals surface area contributed by atoms with E-state index in [0.29, 0.717) is 18.0 Å². The van der Waals surface area contributed by atoms with Gasteiger partial charge in [-0.1, -0.05) is 24.3 Å². The molecule has 148 valence electrons. The number of fused-ring (bicyclic) bond motifs is 1. The Labute approximate surface area is 168 Å². The van der Waals surface area contributed by atoms with Crippen molar-refractivity contribution in [3.05, 3.63) is 66.7 Å². The van der Waals surface area contributed by atoms with Crippen molar-refractivity contribution in [3.63, 3.8) is 0 Å². The molecule has 2 heterocycles. The summed E-state index contributed by atoms with van der Waals surface area (Å²) in [6.07, 6.45) is 3.32. The van der Waals surface area contributed by atoms with Crippen LogP contribution in [0, 0.1) is 0 Å². The van der Waals surface area contributed by atoms with E-state index in [4.69, 9.17) is 4.74 Å². The van der Waals surface area contributed by atoms with Gasteiger partial charge in [0.25, 0.3) is 5.91 Å². The fourth-order valence-electron chi connectivity index (χ4n) is 3.27. The molecule has 1 N–H and O–H groups in total. The van der Waals surface area contributed by atoms with E-state index in [1.165, 1.54) is 6.33 Å². The third-order valence-electron chi connectivity index (χ3n) is 4.82. The molecular formula is C21H21N5O3. The molecule has 0 fully saturated rings. The molecule has 8 heteroatoms. The van der Waals surface area contributed by atoms with Gasteiger partial charge in [-0.2, -0.15) is 5.10 Å². The van der Waals surface area contributed by atoms with E-state index in [9.17, 15) is 9.59 Å². The molecule has 0 unspecified atom stereocenters. The average molecular weight is 391 g/mol. The first-order valence-electron chi connectivity index (χ1n) is 9.38. The lowest BCUT2D eigenvalue weighted by molar-refractivity contribution is -0.122. The van der Waals surface area contributed by atoms with Gasteiger partial charge in [-0.15, -0.1) is 0 Å². The van der Waals surface area contributed by atoms with Crippen molar-refractivity contribution in [1.82, 2.24) is 20.1 Å². The van der Waals surface area contributed by atoms with E-state index in [0.717, 1.165) is 11.3 Å². The van der Waals surface area contributed by atoms with Crippen molar-refractivity contribution in [3.8, 4) is 11.4 Å². The van der Waals surface area contributed by atoms with Crippen LogP contribution in [0.25, 0.3) is 5.69 Å². The predicted molar refractivity (Wildman–Crippen MR) is 107 cm³/mol. The number of aromatic nitrogens is 3. The number of anilines is 1. The van der Waals surface area contributed by atoms with Crippen LogP contribution in [0.15, 0.2) is 61.2 Å². The number of hydrogen-bond acceptors (Lipinski definition) is 5. The third-order valence-corrected chi connectivity index (χ3v) is 4.82. The van der Waals surface area contributed by atoms with E-state index < -0.39 is 0 Å². The monoisotopic (exact) mass is 391 g/mol. The van der Waals surface area contributed by atoms with E-state index in [-0.39, 0.29) is 30.9 Å². The predicted octanol–water partition coefficient (Wildman–Crippen LogP) is 2.26. The SMILES string of the molecule is C[C@@H](NC(=O)CCN1C(=O)COc2ccccc21)c1ccc(-n2cncn2)cc1. The van der Waals surface area contributed by atoms with Crippen LogP contribution in [0.1, 0.15) is 24.9 Å². The number of carbonyl (C=O) groups is 2. The lowest BCUT2D eigenvalue weighted by Gasteiger charge is -2.29. The van der Waals surface area contributed by atoms with Crippen molar-refractivity contribution in [2.45, 2.75) is 19.4 Å². The van der Waals surface area contributed by atoms with Crippen LogP contribution < -0.4 is 15.0 Å². The summed E-state index contributed by atoms with van der Waals surface area (Å²) < 4.78 is 7.10. The molecule has 0 saturated heterocycles. The number of nitrogens with one attached hydrogen (secondary N) is 1. The fourth-order valence-corrected chi connectivity index (χ4v) is 3.27. The highest BCUT2D eigenvalue weighted by molar-refractivity contribution is 5.98. The number of hydrogen-bond donors (Lipinski definition) is 1. The molecule has 2 aromatic carbocycles. The first-order chi connectivity index (χ1) is 14.1. The first kappa shape index (κ1) is 18.7. The van der Waals surface area contributed by atoms with Crippen LogP contribution in [0.5, 0.6) is 5.75 Å². The average Bonchev–Trinajstić information content (AvgIpc) is 3.28. The van der Waals surface area contributed by atoms with Crippen LogP contribution in [-0.4, -0.2) is 39.7 Å². The minimum Gasteiger partial charge on any atom is -0.482 e. The molecule has 0 saturated carbocycles. The Bertz CT molecular complexity index is 1000. The Kier molecular flexibility index (Phi) is 5.24. The highest BCUT2D eigenvalue weighted by Crippen LogP contribution is 2.31. The zero-order chi connectivity index (χ0) is 20.2. The molecule has 1 aliphatic heterocycles. The van der Waals surface area contributed by atoms with Crippen molar-refractivity contribution in [2.75, 3.05) is 18.1 Å². The van der Waals surface area contributed by atoms with Crippen molar-refractivity contribution < 1.29 is 14.3 Å². The summed E-state index contributed by atoms with van der Waals surface area (Å²) in [5.41, 5.74) is 2.58. The number of rotatable bonds is 6. The molecule has 2 amide bonds. The normalized spacial score (nSPS) is 14.1. The molecule has 1 atom stereocenters. The number of amides is 2. The van der Waals surface area contributed by atoms with Gasteiger partial charge in [-0.05, 0) is 36.8 Å². The molecule has 1 aromatic heterocycles. The Morgan fingerprint density at radius 2 is 2.00 bits per heavy atom. The van der Waals surface area contributed by atoms with Gasteiger partial charge in [0.2, 0.25) is 5.91 Å². The summed E-state index contributed by atoms with van der Waals surface area (Å²) in [4.78, 5) is 30.2. The maximum Gasteiger partial charge on any atom is 0.265 e. The Balaban J connectivity index is 1.34. The maximum absolute atomic E-state index is 12.4. The summed E-state index contributed by atoms with van der Waals surface area (Å²) in [7, 11) is 0. The largest absolute Gasteiger partial charge is 0.482 e.